The molecule has 5 nitrogen and oxygen atoms in total. The summed E-state index contributed by atoms with van der Waals surface area (Å²) in [5.41, 5.74) is 5.72. The molecular formula is C24H19ClO5. The second-order valence-electron chi connectivity index (χ2n) is 6.45. The zero-order valence-corrected chi connectivity index (χ0v) is 16.9. The van der Waals surface area contributed by atoms with E-state index in [1.54, 1.807) is 0 Å². The fraction of sp³-hybridized carbons (Fsp3) is 0.0417. The topological polar surface area (TPSA) is 104 Å². The lowest BCUT2D eigenvalue weighted by Gasteiger charge is -2.17. The van der Waals surface area contributed by atoms with Gasteiger partial charge in [-0.1, -0.05) is 66.7 Å². The number of halogens is 1. The van der Waals surface area contributed by atoms with Crippen LogP contribution in [-0.2, 0) is 0 Å². The summed E-state index contributed by atoms with van der Waals surface area (Å²) >= 11 is 0. The van der Waals surface area contributed by atoms with Crippen molar-refractivity contribution in [2.24, 2.45) is 0 Å². The summed E-state index contributed by atoms with van der Waals surface area (Å²) in [6.45, 7) is 2.13. The molecule has 0 aliphatic carbocycles. The van der Waals surface area contributed by atoms with Crippen molar-refractivity contribution in [2.75, 3.05) is 0 Å². The maximum atomic E-state index is 8.49. The van der Waals surface area contributed by atoms with Crippen molar-refractivity contribution < 1.29 is 33.3 Å². The summed E-state index contributed by atoms with van der Waals surface area (Å²) in [7, 11) is -4.94. The molecule has 0 N–H and O–H groups in total. The molecule has 1 aromatic heterocycles. The standard InChI is InChI=1S/C24H19O.ClHO4/c1-18-22(19-11-5-2-6-12-19)17-23(20-13-7-3-8-14-20)25-24(18)21-15-9-4-10-16-21;2-1(3,4)5/h2-17H,1H3;(H,2,3,4,5)/q+1;/p-1. The van der Waals surface area contributed by atoms with Gasteiger partial charge in [0.1, 0.15) is 0 Å². The molecule has 0 unspecified atom stereocenters. The molecule has 0 bridgehead atoms. The van der Waals surface area contributed by atoms with Crippen molar-refractivity contribution in [2.45, 2.75) is 6.92 Å². The Bertz CT molecular complexity index is 1010. The van der Waals surface area contributed by atoms with E-state index in [-0.39, 0.29) is 0 Å². The summed E-state index contributed by atoms with van der Waals surface area (Å²) in [5.74, 6) is 1.80. The lowest BCUT2D eigenvalue weighted by atomic mass is 9.96. The van der Waals surface area contributed by atoms with E-state index in [1.165, 1.54) is 11.1 Å². The van der Waals surface area contributed by atoms with Crippen LogP contribution in [0.4, 0.5) is 0 Å². The summed E-state index contributed by atoms with van der Waals surface area (Å²) in [6.07, 6.45) is 0. The number of hydrogen-bond donors (Lipinski definition) is 0. The van der Waals surface area contributed by atoms with Crippen molar-refractivity contribution in [1.29, 1.82) is 0 Å². The zero-order valence-electron chi connectivity index (χ0n) is 16.2. The minimum absolute atomic E-state index is 0.879. The highest BCUT2D eigenvalue weighted by molar-refractivity contribution is 5.78. The molecular weight excluding hydrogens is 404 g/mol. The first-order valence-electron chi connectivity index (χ1n) is 9.08. The van der Waals surface area contributed by atoms with Crippen LogP contribution in [0.5, 0.6) is 0 Å². The van der Waals surface area contributed by atoms with Gasteiger partial charge in [0.2, 0.25) is 0 Å². The predicted octanol–water partition coefficient (Wildman–Crippen LogP) is 2.11. The highest BCUT2D eigenvalue weighted by Crippen LogP contribution is 2.36. The third-order valence-electron chi connectivity index (χ3n) is 4.41. The molecule has 3 aromatic carbocycles. The first-order chi connectivity index (χ1) is 14.3. The Morgan fingerprint density at radius 2 is 1.00 bits per heavy atom. The number of benzene rings is 3. The van der Waals surface area contributed by atoms with Crippen molar-refractivity contribution in [3.63, 3.8) is 0 Å². The van der Waals surface area contributed by atoms with Crippen LogP contribution in [0.1, 0.15) is 5.56 Å². The Balaban J connectivity index is 0.000000461. The summed E-state index contributed by atoms with van der Waals surface area (Å²) in [5, 5.41) is 0. The Hall–Kier alpha value is -3.06. The predicted molar refractivity (Wildman–Crippen MR) is 104 cm³/mol. The van der Waals surface area contributed by atoms with Gasteiger partial charge in [0.05, 0.1) is 22.8 Å². The number of hydrogen-bond acceptors (Lipinski definition) is 4. The number of rotatable bonds is 3. The maximum absolute atomic E-state index is 8.49. The van der Waals surface area contributed by atoms with Crippen molar-refractivity contribution in [1.82, 2.24) is 0 Å². The normalized spacial score (nSPS) is 10.8. The highest BCUT2D eigenvalue weighted by Gasteiger charge is 2.24. The van der Waals surface area contributed by atoms with Gasteiger partial charge in [0.25, 0.3) is 0 Å². The van der Waals surface area contributed by atoms with Crippen LogP contribution in [0, 0.1) is 17.2 Å². The van der Waals surface area contributed by atoms with E-state index >= 15 is 0 Å². The van der Waals surface area contributed by atoms with Gasteiger partial charge >= 0.3 is 11.5 Å². The monoisotopic (exact) mass is 422 g/mol. The van der Waals surface area contributed by atoms with Gasteiger partial charge in [-0.15, -0.1) is 10.2 Å². The van der Waals surface area contributed by atoms with E-state index in [9.17, 15) is 0 Å². The average Bonchev–Trinajstić information content (AvgIpc) is 2.75. The van der Waals surface area contributed by atoms with Crippen LogP contribution in [0.25, 0.3) is 33.8 Å². The summed E-state index contributed by atoms with van der Waals surface area (Å²) < 4.78 is 40.3. The molecule has 152 valence electrons. The second kappa shape index (κ2) is 9.63. The smallest absolute Gasteiger partial charge is 0.222 e. The first-order valence-corrected chi connectivity index (χ1v) is 10.3. The molecule has 0 spiro atoms. The van der Waals surface area contributed by atoms with Crippen LogP contribution in [0.3, 0.4) is 0 Å². The van der Waals surface area contributed by atoms with E-state index in [0.717, 1.165) is 28.2 Å². The Kier molecular flexibility index (Phi) is 6.95. The molecule has 0 radical (unpaired) electrons. The molecule has 4 aromatic rings. The summed E-state index contributed by atoms with van der Waals surface area (Å²) in [6, 6.07) is 33.2. The van der Waals surface area contributed by atoms with Crippen molar-refractivity contribution in [3.05, 3.63) is 103 Å². The van der Waals surface area contributed by atoms with Crippen molar-refractivity contribution >= 4 is 0 Å². The fourth-order valence-electron chi connectivity index (χ4n) is 3.10. The molecule has 0 atom stereocenters. The SMILES string of the molecule is Cc1c(-c2ccccc2)cc(-c2ccccc2)[o+]c1-c1ccccc1.[O-][Cl+3]([O-])([O-])[O-]. The molecule has 0 fully saturated rings. The molecule has 30 heavy (non-hydrogen) atoms. The van der Waals surface area contributed by atoms with Gasteiger partial charge < -0.3 is 0 Å². The van der Waals surface area contributed by atoms with Crippen molar-refractivity contribution in [3.8, 4) is 33.8 Å². The molecule has 0 aliphatic rings. The third kappa shape index (κ3) is 5.97. The van der Waals surface area contributed by atoms with Gasteiger partial charge in [0.15, 0.2) is 0 Å². The van der Waals surface area contributed by atoms with Gasteiger partial charge in [-0.25, -0.2) is 23.1 Å². The van der Waals surface area contributed by atoms with Crippen LogP contribution in [0.15, 0.2) is 101 Å². The largest absolute Gasteiger partial charge is 0.364 e. The summed E-state index contributed by atoms with van der Waals surface area (Å²) in [4.78, 5) is 0. The quantitative estimate of drug-likeness (QED) is 0.470. The molecule has 0 aliphatic heterocycles. The van der Waals surface area contributed by atoms with E-state index in [0.29, 0.717) is 0 Å². The van der Waals surface area contributed by atoms with Crippen LogP contribution < -0.4 is 18.6 Å². The molecule has 6 heteroatoms. The van der Waals surface area contributed by atoms with E-state index in [2.05, 4.69) is 61.5 Å². The average molecular weight is 423 g/mol. The van der Waals surface area contributed by atoms with Crippen LogP contribution in [0.2, 0.25) is 0 Å². The Labute approximate surface area is 176 Å². The van der Waals surface area contributed by atoms with Gasteiger partial charge in [-0.2, -0.15) is 0 Å². The first kappa shape index (κ1) is 21.6. The third-order valence-corrected chi connectivity index (χ3v) is 4.41. The van der Waals surface area contributed by atoms with E-state index in [1.807, 2.05) is 42.5 Å². The van der Waals surface area contributed by atoms with E-state index < -0.39 is 10.2 Å². The van der Waals surface area contributed by atoms with Crippen LogP contribution in [-0.4, -0.2) is 0 Å². The highest BCUT2D eigenvalue weighted by atomic mass is 35.7. The lowest BCUT2D eigenvalue weighted by molar-refractivity contribution is -2.00. The van der Waals surface area contributed by atoms with Gasteiger partial charge in [0, 0.05) is 5.56 Å². The second-order valence-corrected chi connectivity index (χ2v) is 7.21. The molecule has 0 saturated heterocycles. The van der Waals surface area contributed by atoms with Crippen LogP contribution >= 0.6 is 0 Å². The van der Waals surface area contributed by atoms with E-state index in [4.69, 9.17) is 23.1 Å². The van der Waals surface area contributed by atoms with Gasteiger partial charge in [-0.05, 0) is 36.8 Å². The maximum Gasteiger partial charge on any atom is 0.364 e. The minimum atomic E-state index is -4.94. The molecule has 0 amide bonds. The Morgan fingerprint density at radius 1 is 0.600 bits per heavy atom. The molecule has 4 rings (SSSR count). The Morgan fingerprint density at radius 3 is 1.47 bits per heavy atom. The zero-order chi connectivity index (χ0) is 21.6. The fourth-order valence-corrected chi connectivity index (χ4v) is 3.10. The lowest BCUT2D eigenvalue weighted by Crippen LogP contribution is -2.68. The molecule has 1 heterocycles. The minimum Gasteiger partial charge on any atom is -0.222 e. The molecule has 0 saturated carbocycles. The van der Waals surface area contributed by atoms with Gasteiger partial charge in [-0.3, -0.25) is 0 Å².